The normalized spacial score (nSPS) is 22.1. The molecule has 0 atom stereocenters. The van der Waals surface area contributed by atoms with Crippen LogP contribution in [0.3, 0.4) is 0 Å². The predicted octanol–water partition coefficient (Wildman–Crippen LogP) is 4.10. The Kier molecular flexibility index (Phi) is 4.98. The van der Waals surface area contributed by atoms with E-state index in [0.29, 0.717) is 18.1 Å². The Balaban J connectivity index is 1.37. The van der Waals surface area contributed by atoms with E-state index < -0.39 is 0 Å². The first-order chi connectivity index (χ1) is 15.3. The van der Waals surface area contributed by atoms with Gasteiger partial charge in [0.25, 0.3) is 0 Å². The van der Waals surface area contributed by atoms with Crippen molar-refractivity contribution >= 4 is 11.6 Å². The van der Waals surface area contributed by atoms with Crippen LogP contribution in [0.4, 0.5) is 5.69 Å². The maximum atomic E-state index is 12.9. The van der Waals surface area contributed by atoms with Crippen LogP contribution in [0.5, 0.6) is 5.75 Å². The van der Waals surface area contributed by atoms with Gasteiger partial charge in [-0.05, 0) is 83.0 Å². The Morgan fingerprint density at radius 3 is 2.65 bits per heavy atom. The Bertz CT molecular complexity index is 970. The fourth-order valence-electron chi connectivity index (χ4n) is 5.19. The van der Waals surface area contributed by atoms with Crippen molar-refractivity contribution in [3.05, 3.63) is 30.1 Å². The van der Waals surface area contributed by atoms with Crippen LogP contribution in [-0.2, 0) is 11.2 Å². The minimum atomic E-state index is 0.241. The highest BCUT2D eigenvalue weighted by atomic mass is 16.5. The van der Waals surface area contributed by atoms with Gasteiger partial charge in [0.2, 0.25) is 5.91 Å². The van der Waals surface area contributed by atoms with Crippen LogP contribution in [0.25, 0.3) is 11.1 Å². The third kappa shape index (κ3) is 3.65. The average molecular weight is 421 g/mol. The number of rotatable bonds is 5. The van der Waals surface area contributed by atoms with Crippen LogP contribution < -0.4 is 15.0 Å². The van der Waals surface area contributed by atoms with E-state index >= 15 is 0 Å². The summed E-state index contributed by atoms with van der Waals surface area (Å²) in [7, 11) is 0. The van der Waals surface area contributed by atoms with Crippen LogP contribution in [0.1, 0.15) is 63.0 Å². The van der Waals surface area contributed by atoms with E-state index in [4.69, 9.17) is 9.84 Å². The summed E-state index contributed by atoms with van der Waals surface area (Å²) in [6, 6.07) is 4.78. The Morgan fingerprint density at radius 1 is 1.06 bits per heavy atom. The third-order valence-electron chi connectivity index (χ3n) is 7.46. The first-order valence-electron chi connectivity index (χ1n) is 12.2. The van der Waals surface area contributed by atoms with Crippen molar-refractivity contribution in [1.82, 2.24) is 15.1 Å². The van der Waals surface area contributed by atoms with Gasteiger partial charge in [0.05, 0.1) is 24.0 Å². The molecule has 2 aromatic rings. The smallest absolute Gasteiger partial charge is 0.230 e. The quantitative estimate of drug-likeness (QED) is 0.791. The molecule has 4 aliphatic rings. The summed E-state index contributed by atoms with van der Waals surface area (Å²) in [5.74, 6) is 1.55. The van der Waals surface area contributed by atoms with Gasteiger partial charge in [-0.2, -0.15) is 5.10 Å². The molecule has 1 amide bonds. The molecule has 164 valence electrons. The number of piperidine rings is 1. The fraction of sp³-hybridized carbons (Fsp3) is 0.600. The number of aromatic nitrogens is 2. The Labute approximate surface area is 183 Å². The number of carbonyl (C=O) groups excluding carboxylic acids is 1. The molecule has 2 aliphatic carbocycles. The van der Waals surface area contributed by atoms with Gasteiger partial charge in [-0.25, -0.2) is 0 Å². The number of nitrogens with one attached hydrogen (secondary N) is 1. The minimum Gasteiger partial charge on any atom is -0.489 e. The number of anilines is 1. The lowest BCUT2D eigenvalue weighted by Gasteiger charge is -2.34. The number of ether oxygens (including phenoxy) is 1. The predicted molar refractivity (Wildman–Crippen MR) is 120 cm³/mol. The van der Waals surface area contributed by atoms with E-state index in [1.807, 2.05) is 11.1 Å². The molecule has 2 saturated carbocycles. The second-order valence-corrected chi connectivity index (χ2v) is 9.67. The molecular weight excluding hydrogens is 388 g/mol. The maximum absolute atomic E-state index is 12.9. The van der Waals surface area contributed by atoms with Gasteiger partial charge < -0.3 is 15.0 Å². The third-order valence-corrected chi connectivity index (χ3v) is 7.46. The summed E-state index contributed by atoms with van der Waals surface area (Å²) in [5.41, 5.74) is 4.55. The zero-order valence-corrected chi connectivity index (χ0v) is 18.2. The summed E-state index contributed by atoms with van der Waals surface area (Å²) in [5, 5.41) is 8.16. The molecule has 6 rings (SSSR count). The lowest BCUT2D eigenvalue weighted by atomic mass is 9.93. The van der Waals surface area contributed by atoms with Crippen LogP contribution in [0.2, 0.25) is 0 Å². The minimum absolute atomic E-state index is 0.241. The highest BCUT2D eigenvalue weighted by Gasteiger charge is 2.37. The van der Waals surface area contributed by atoms with Gasteiger partial charge >= 0.3 is 0 Å². The number of hydrogen-bond donors (Lipinski definition) is 1. The highest BCUT2D eigenvalue weighted by molar-refractivity contribution is 5.98. The van der Waals surface area contributed by atoms with Crippen molar-refractivity contribution in [2.75, 3.05) is 24.5 Å². The van der Waals surface area contributed by atoms with Crippen molar-refractivity contribution in [1.29, 1.82) is 0 Å². The molecule has 1 aromatic heterocycles. The maximum Gasteiger partial charge on any atom is 0.230 e. The Morgan fingerprint density at radius 2 is 1.90 bits per heavy atom. The second kappa shape index (κ2) is 7.97. The first-order valence-corrected chi connectivity index (χ1v) is 12.2. The molecule has 1 aromatic carbocycles. The molecule has 3 heterocycles. The van der Waals surface area contributed by atoms with E-state index in [0.717, 1.165) is 93.6 Å². The summed E-state index contributed by atoms with van der Waals surface area (Å²) in [4.78, 5) is 15.0. The summed E-state index contributed by atoms with van der Waals surface area (Å²) >= 11 is 0. The number of benzene rings is 1. The number of fused-ring (bicyclic) bond motifs is 1. The van der Waals surface area contributed by atoms with Crippen LogP contribution >= 0.6 is 0 Å². The Hall–Kier alpha value is -2.34. The zero-order valence-electron chi connectivity index (χ0n) is 18.2. The van der Waals surface area contributed by atoms with Crippen molar-refractivity contribution in [3.8, 4) is 16.9 Å². The van der Waals surface area contributed by atoms with Crippen LogP contribution in [0.15, 0.2) is 24.5 Å². The lowest BCUT2D eigenvalue weighted by molar-refractivity contribution is -0.119. The van der Waals surface area contributed by atoms with Gasteiger partial charge in [-0.3, -0.25) is 9.48 Å². The van der Waals surface area contributed by atoms with Crippen molar-refractivity contribution in [2.24, 2.45) is 5.92 Å². The molecule has 6 nitrogen and oxygen atoms in total. The monoisotopic (exact) mass is 420 g/mol. The largest absolute Gasteiger partial charge is 0.489 e. The van der Waals surface area contributed by atoms with Crippen molar-refractivity contribution in [3.63, 3.8) is 0 Å². The number of amides is 1. The van der Waals surface area contributed by atoms with E-state index in [2.05, 4.69) is 28.3 Å². The van der Waals surface area contributed by atoms with Gasteiger partial charge in [-0.15, -0.1) is 0 Å². The van der Waals surface area contributed by atoms with E-state index in [9.17, 15) is 4.79 Å². The van der Waals surface area contributed by atoms with Gasteiger partial charge in [0.1, 0.15) is 5.75 Å². The average Bonchev–Trinajstić information content (AvgIpc) is 3.52. The summed E-state index contributed by atoms with van der Waals surface area (Å²) in [6.07, 6.45) is 14.3. The number of carbonyl (C=O) groups is 1. The second-order valence-electron chi connectivity index (χ2n) is 9.67. The molecule has 6 heteroatoms. The number of hydrogen-bond acceptors (Lipinski definition) is 4. The van der Waals surface area contributed by atoms with Gasteiger partial charge in [0, 0.05) is 35.3 Å². The molecule has 1 saturated heterocycles. The van der Waals surface area contributed by atoms with Gasteiger partial charge in [0.15, 0.2) is 0 Å². The van der Waals surface area contributed by atoms with Crippen LogP contribution in [-0.4, -0.2) is 41.4 Å². The van der Waals surface area contributed by atoms with E-state index in [1.54, 1.807) is 0 Å². The molecule has 0 bridgehead atoms. The van der Waals surface area contributed by atoms with E-state index in [-0.39, 0.29) is 5.92 Å². The molecule has 3 fully saturated rings. The molecule has 2 aliphatic heterocycles. The molecule has 31 heavy (non-hydrogen) atoms. The number of nitrogens with zero attached hydrogens (tertiary/aromatic N) is 3. The van der Waals surface area contributed by atoms with Crippen molar-refractivity contribution in [2.45, 2.75) is 69.9 Å². The molecule has 0 spiro atoms. The van der Waals surface area contributed by atoms with Gasteiger partial charge in [-0.1, -0.05) is 0 Å². The summed E-state index contributed by atoms with van der Waals surface area (Å²) in [6.45, 7) is 2.94. The highest BCUT2D eigenvalue weighted by Crippen LogP contribution is 2.45. The van der Waals surface area contributed by atoms with Crippen LogP contribution in [0, 0.1) is 5.92 Å². The standard InChI is InChI=1S/C25H32N4O2/c30-25(17-6-7-17)28-14-2-5-22-23(28)9-8-21(24(22)31-20-3-1-4-20)18-15-27-29(16-18)19-10-12-26-13-11-19/h8-9,15-17,19-20,26H,1-7,10-14H2. The SMILES string of the molecule is O=C(C1CC1)N1CCCc2c1ccc(-c1cnn(C3CCNCC3)c1)c2OC1CCC1. The van der Waals surface area contributed by atoms with Crippen molar-refractivity contribution < 1.29 is 9.53 Å². The summed E-state index contributed by atoms with van der Waals surface area (Å²) < 4.78 is 8.75. The molecular formula is C25H32N4O2. The van der Waals surface area contributed by atoms with E-state index in [1.165, 1.54) is 12.0 Å². The first kappa shape index (κ1) is 19.4. The molecule has 1 N–H and O–H groups in total. The topological polar surface area (TPSA) is 59.4 Å². The molecule has 0 unspecified atom stereocenters. The fourth-order valence-corrected chi connectivity index (χ4v) is 5.19. The molecule has 0 radical (unpaired) electrons. The lowest BCUT2D eigenvalue weighted by Crippen LogP contribution is -2.37. The zero-order chi connectivity index (χ0) is 20.8.